The van der Waals surface area contributed by atoms with Crippen molar-refractivity contribution in [3.63, 3.8) is 0 Å². The van der Waals surface area contributed by atoms with Crippen molar-refractivity contribution in [2.45, 2.75) is 25.8 Å². The molecule has 1 atom stereocenters. The van der Waals surface area contributed by atoms with Crippen molar-refractivity contribution < 1.29 is 13.9 Å². The van der Waals surface area contributed by atoms with Crippen LogP contribution in [-0.2, 0) is 4.79 Å². The van der Waals surface area contributed by atoms with E-state index in [1.54, 1.807) is 0 Å². The summed E-state index contributed by atoms with van der Waals surface area (Å²) in [6, 6.07) is 13.5. The van der Waals surface area contributed by atoms with Gasteiger partial charge in [0.2, 0.25) is 0 Å². The van der Waals surface area contributed by atoms with Crippen LogP contribution in [0.25, 0.3) is 0 Å². The van der Waals surface area contributed by atoms with E-state index >= 15 is 0 Å². The van der Waals surface area contributed by atoms with Gasteiger partial charge in [-0.25, -0.2) is 4.39 Å². The van der Waals surface area contributed by atoms with Crippen molar-refractivity contribution in [3.05, 3.63) is 64.9 Å². The van der Waals surface area contributed by atoms with Gasteiger partial charge in [0.25, 0.3) is 5.91 Å². The molecule has 5 heteroatoms. The summed E-state index contributed by atoms with van der Waals surface area (Å²) in [5.74, 6) is -0.401. The Morgan fingerprint density at radius 1 is 1.26 bits per heavy atom. The molecule has 0 radical (unpaired) electrons. The van der Waals surface area contributed by atoms with Crippen molar-refractivity contribution in [1.82, 2.24) is 5.32 Å². The molecule has 0 aliphatic heterocycles. The number of carbonyl (C=O) groups excluding carboxylic acids is 1. The number of halogens is 2. The fourth-order valence-corrected chi connectivity index (χ4v) is 2.49. The number of hydrogen-bond acceptors (Lipinski definition) is 2. The molecule has 0 spiro atoms. The van der Waals surface area contributed by atoms with Crippen LogP contribution in [0.3, 0.4) is 0 Å². The third kappa shape index (κ3) is 5.25. The lowest BCUT2D eigenvalue weighted by atomic mass is 10.0. The third-order valence-corrected chi connectivity index (χ3v) is 3.66. The monoisotopic (exact) mass is 335 g/mol. The van der Waals surface area contributed by atoms with Gasteiger partial charge >= 0.3 is 0 Å². The van der Waals surface area contributed by atoms with Crippen molar-refractivity contribution in [1.29, 1.82) is 0 Å². The van der Waals surface area contributed by atoms with Crippen LogP contribution in [0.5, 0.6) is 5.75 Å². The maximum atomic E-state index is 13.0. The molecule has 0 bridgehead atoms. The molecule has 1 unspecified atom stereocenters. The summed E-state index contributed by atoms with van der Waals surface area (Å²) in [4.78, 5) is 12.1. The lowest BCUT2D eigenvalue weighted by molar-refractivity contribution is -0.123. The van der Waals surface area contributed by atoms with Gasteiger partial charge in [-0.05, 0) is 30.2 Å². The Labute approximate surface area is 140 Å². The van der Waals surface area contributed by atoms with Crippen LogP contribution in [0.1, 0.15) is 31.4 Å². The SMILES string of the molecule is CCCC(NC(=O)COc1ccc(F)cc1Cl)c1ccccc1. The van der Waals surface area contributed by atoms with Crippen LogP contribution in [0.4, 0.5) is 4.39 Å². The van der Waals surface area contributed by atoms with E-state index in [0.717, 1.165) is 24.5 Å². The Balaban J connectivity index is 1.94. The first-order valence-electron chi connectivity index (χ1n) is 7.52. The summed E-state index contributed by atoms with van der Waals surface area (Å²) in [7, 11) is 0. The Bertz CT molecular complexity index is 649. The average molecular weight is 336 g/mol. The smallest absolute Gasteiger partial charge is 0.258 e. The van der Waals surface area contributed by atoms with Gasteiger partial charge in [-0.3, -0.25) is 4.79 Å². The zero-order valence-corrected chi connectivity index (χ0v) is 13.6. The molecule has 23 heavy (non-hydrogen) atoms. The molecular formula is C18H19ClFNO2. The van der Waals surface area contributed by atoms with Gasteiger partial charge in [0, 0.05) is 0 Å². The van der Waals surface area contributed by atoms with Crippen LogP contribution in [0.15, 0.2) is 48.5 Å². The van der Waals surface area contributed by atoms with E-state index in [0.29, 0.717) is 0 Å². The van der Waals surface area contributed by atoms with Gasteiger partial charge < -0.3 is 10.1 Å². The highest BCUT2D eigenvalue weighted by molar-refractivity contribution is 6.32. The summed E-state index contributed by atoms with van der Waals surface area (Å²) < 4.78 is 18.3. The Kier molecular flexibility index (Phi) is 6.41. The van der Waals surface area contributed by atoms with E-state index in [-0.39, 0.29) is 29.3 Å². The summed E-state index contributed by atoms with van der Waals surface area (Å²) in [6.45, 7) is 1.90. The number of amides is 1. The number of ether oxygens (including phenoxy) is 1. The van der Waals surface area contributed by atoms with E-state index in [1.807, 2.05) is 30.3 Å². The molecule has 0 heterocycles. The van der Waals surface area contributed by atoms with Crippen LogP contribution >= 0.6 is 11.6 Å². The van der Waals surface area contributed by atoms with Crippen LogP contribution in [-0.4, -0.2) is 12.5 Å². The number of rotatable bonds is 7. The molecular weight excluding hydrogens is 317 g/mol. The van der Waals surface area contributed by atoms with Crippen molar-refractivity contribution in [2.75, 3.05) is 6.61 Å². The summed E-state index contributed by atoms with van der Waals surface area (Å²) in [6.07, 6.45) is 1.79. The Hall–Kier alpha value is -2.07. The molecule has 0 saturated carbocycles. The second-order valence-electron chi connectivity index (χ2n) is 5.18. The van der Waals surface area contributed by atoms with Crippen LogP contribution in [0, 0.1) is 5.82 Å². The fraction of sp³-hybridized carbons (Fsp3) is 0.278. The summed E-state index contributed by atoms with van der Waals surface area (Å²) in [5, 5.41) is 3.10. The molecule has 0 aliphatic rings. The minimum absolute atomic E-state index is 0.0546. The normalized spacial score (nSPS) is 11.8. The van der Waals surface area contributed by atoms with Gasteiger partial charge in [0.05, 0.1) is 11.1 Å². The maximum absolute atomic E-state index is 13.0. The lowest BCUT2D eigenvalue weighted by Crippen LogP contribution is -2.32. The zero-order valence-electron chi connectivity index (χ0n) is 12.9. The quantitative estimate of drug-likeness (QED) is 0.808. The second kappa shape index (κ2) is 8.53. The molecule has 3 nitrogen and oxygen atoms in total. The van der Waals surface area contributed by atoms with Crippen LogP contribution in [0.2, 0.25) is 5.02 Å². The first kappa shape index (κ1) is 17.3. The first-order valence-corrected chi connectivity index (χ1v) is 7.90. The summed E-state index contributed by atoms with van der Waals surface area (Å²) >= 11 is 5.87. The molecule has 0 fully saturated rings. The topological polar surface area (TPSA) is 38.3 Å². The molecule has 0 aromatic heterocycles. The van der Waals surface area contributed by atoms with E-state index < -0.39 is 5.82 Å². The highest BCUT2D eigenvalue weighted by Crippen LogP contribution is 2.25. The largest absolute Gasteiger partial charge is 0.482 e. The lowest BCUT2D eigenvalue weighted by Gasteiger charge is -2.19. The standard InChI is InChI=1S/C18H19ClFNO2/c1-2-6-16(13-7-4-3-5-8-13)21-18(22)12-23-17-10-9-14(20)11-15(17)19/h3-5,7-11,16H,2,6,12H2,1H3,(H,21,22). The predicted octanol–water partition coefficient (Wildman–Crippen LogP) is 4.52. The van der Waals surface area contributed by atoms with Gasteiger partial charge in [-0.2, -0.15) is 0 Å². The minimum atomic E-state index is -0.445. The van der Waals surface area contributed by atoms with Crippen LogP contribution < -0.4 is 10.1 Å². The van der Waals surface area contributed by atoms with Gasteiger partial charge in [0.1, 0.15) is 11.6 Å². The molecule has 2 aromatic rings. The first-order chi connectivity index (χ1) is 11.1. The summed E-state index contributed by atoms with van der Waals surface area (Å²) in [5.41, 5.74) is 1.06. The maximum Gasteiger partial charge on any atom is 0.258 e. The highest BCUT2D eigenvalue weighted by Gasteiger charge is 2.14. The predicted molar refractivity (Wildman–Crippen MR) is 89.1 cm³/mol. The van der Waals surface area contributed by atoms with Gasteiger partial charge in [-0.1, -0.05) is 55.3 Å². The zero-order chi connectivity index (χ0) is 16.7. The van der Waals surface area contributed by atoms with E-state index in [1.165, 1.54) is 12.1 Å². The molecule has 1 amide bonds. The van der Waals surface area contributed by atoms with E-state index in [2.05, 4.69) is 12.2 Å². The average Bonchev–Trinajstić information content (AvgIpc) is 2.54. The van der Waals surface area contributed by atoms with Gasteiger partial charge in [-0.15, -0.1) is 0 Å². The van der Waals surface area contributed by atoms with E-state index in [9.17, 15) is 9.18 Å². The number of benzene rings is 2. The van der Waals surface area contributed by atoms with Gasteiger partial charge in [0.15, 0.2) is 6.61 Å². The fourth-order valence-electron chi connectivity index (χ4n) is 2.27. The molecule has 0 saturated heterocycles. The molecule has 2 rings (SSSR count). The molecule has 2 aromatic carbocycles. The number of hydrogen-bond donors (Lipinski definition) is 1. The molecule has 122 valence electrons. The van der Waals surface area contributed by atoms with Crippen molar-refractivity contribution >= 4 is 17.5 Å². The minimum Gasteiger partial charge on any atom is -0.482 e. The number of nitrogens with one attached hydrogen (secondary N) is 1. The molecule has 0 aliphatic carbocycles. The Morgan fingerprint density at radius 2 is 2.00 bits per heavy atom. The highest BCUT2D eigenvalue weighted by atomic mass is 35.5. The Morgan fingerprint density at radius 3 is 2.65 bits per heavy atom. The van der Waals surface area contributed by atoms with E-state index in [4.69, 9.17) is 16.3 Å². The van der Waals surface area contributed by atoms with Crippen molar-refractivity contribution in [2.24, 2.45) is 0 Å². The molecule has 1 N–H and O–H groups in total. The number of carbonyl (C=O) groups is 1. The third-order valence-electron chi connectivity index (χ3n) is 3.37. The van der Waals surface area contributed by atoms with Crippen molar-refractivity contribution in [3.8, 4) is 5.75 Å². The second-order valence-corrected chi connectivity index (χ2v) is 5.59.